The fourth-order valence-electron chi connectivity index (χ4n) is 1.49. The van der Waals surface area contributed by atoms with E-state index in [1.807, 2.05) is 12.1 Å². The molecule has 1 heterocycles. The Morgan fingerprint density at radius 1 is 1.40 bits per heavy atom. The van der Waals surface area contributed by atoms with E-state index < -0.39 is 0 Å². The van der Waals surface area contributed by atoms with Gasteiger partial charge in [0.05, 0.1) is 4.88 Å². The molecule has 0 unspecified atom stereocenters. The maximum Gasteiger partial charge on any atom is 0.160 e. The average molecular weight is 222 g/mol. The van der Waals surface area contributed by atoms with E-state index in [0.29, 0.717) is 0 Å². The van der Waals surface area contributed by atoms with Crippen molar-refractivity contribution >= 4 is 23.2 Å². The van der Waals surface area contributed by atoms with Gasteiger partial charge in [0.1, 0.15) is 0 Å². The highest BCUT2D eigenvalue weighted by Gasteiger charge is 2.02. The second kappa shape index (κ2) is 6.57. The Bertz CT molecular complexity index is 325. The van der Waals surface area contributed by atoms with Crippen LogP contribution < -0.4 is 0 Å². The quantitative estimate of drug-likeness (QED) is 0.489. The fraction of sp³-hybridized carbons (Fsp3) is 0.462. The van der Waals surface area contributed by atoms with Gasteiger partial charge < -0.3 is 0 Å². The third-order valence-corrected chi connectivity index (χ3v) is 3.54. The van der Waals surface area contributed by atoms with Crippen LogP contribution in [0.4, 0.5) is 0 Å². The van der Waals surface area contributed by atoms with Crippen LogP contribution in [0.15, 0.2) is 18.7 Å². The van der Waals surface area contributed by atoms with E-state index >= 15 is 0 Å². The topological polar surface area (TPSA) is 17.1 Å². The van der Waals surface area contributed by atoms with Crippen molar-refractivity contribution in [3.63, 3.8) is 0 Å². The van der Waals surface area contributed by atoms with Crippen LogP contribution in [0.1, 0.15) is 53.6 Å². The lowest BCUT2D eigenvalue weighted by Gasteiger charge is -2.02. The molecule has 1 rings (SSSR count). The van der Waals surface area contributed by atoms with E-state index in [1.54, 1.807) is 0 Å². The van der Waals surface area contributed by atoms with Crippen LogP contribution in [-0.4, -0.2) is 6.29 Å². The fourth-order valence-corrected chi connectivity index (χ4v) is 2.32. The lowest BCUT2D eigenvalue weighted by atomic mass is 10.1. The molecule has 1 aromatic heterocycles. The van der Waals surface area contributed by atoms with Gasteiger partial charge in [-0.15, -0.1) is 11.3 Å². The van der Waals surface area contributed by atoms with Gasteiger partial charge in [-0.2, -0.15) is 0 Å². The SMILES string of the molecule is C=C(CCCCCC)c1ccc(C=O)s1. The lowest BCUT2D eigenvalue weighted by molar-refractivity contribution is 0.112. The van der Waals surface area contributed by atoms with Gasteiger partial charge in [0, 0.05) is 4.88 Å². The highest BCUT2D eigenvalue weighted by Crippen LogP contribution is 2.26. The van der Waals surface area contributed by atoms with Crippen molar-refractivity contribution in [1.29, 1.82) is 0 Å². The van der Waals surface area contributed by atoms with Gasteiger partial charge in [0.15, 0.2) is 6.29 Å². The van der Waals surface area contributed by atoms with E-state index in [0.717, 1.165) is 22.5 Å². The summed E-state index contributed by atoms with van der Waals surface area (Å²) in [6.07, 6.45) is 7.01. The summed E-state index contributed by atoms with van der Waals surface area (Å²) in [5.41, 5.74) is 1.17. The summed E-state index contributed by atoms with van der Waals surface area (Å²) in [6, 6.07) is 3.86. The van der Waals surface area contributed by atoms with Gasteiger partial charge in [-0.25, -0.2) is 0 Å². The molecule has 0 bridgehead atoms. The average Bonchev–Trinajstić information content (AvgIpc) is 2.72. The maximum absolute atomic E-state index is 10.5. The molecule has 1 nitrogen and oxygen atoms in total. The molecule has 0 saturated carbocycles. The largest absolute Gasteiger partial charge is 0.297 e. The van der Waals surface area contributed by atoms with Crippen molar-refractivity contribution in [2.45, 2.75) is 39.0 Å². The monoisotopic (exact) mass is 222 g/mol. The molecule has 0 aliphatic heterocycles. The summed E-state index contributed by atoms with van der Waals surface area (Å²) in [5.74, 6) is 0. The molecule has 0 fully saturated rings. The van der Waals surface area contributed by atoms with Gasteiger partial charge in [-0.3, -0.25) is 4.79 Å². The molecule has 0 aromatic carbocycles. The van der Waals surface area contributed by atoms with Crippen LogP contribution in [0.3, 0.4) is 0 Å². The standard InChI is InChI=1S/C13H18OS/c1-3-4-5-6-7-11(2)13-9-8-12(10-14)15-13/h8-10H,2-7H2,1H3. The van der Waals surface area contributed by atoms with E-state index in [4.69, 9.17) is 0 Å². The molecule has 0 atom stereocenters. The number of hydrogen-bond donors (Lipinski definition) is 0. The first-order valence-corrected chi connectivity index (χ1v) is 6.32. The van der Waals surface area contributed by atoms with Crippen LogP contribution in [0.2, 0.25) is 0 Å². The molecule has 2 heteroatoms. The third kappa shape index (κ3) is 4.00. The van der Waals surface area contributed by atoms with Crippen molar-refractivity contribution in [3.8, 4) is 0 Å². The number of allylic oxidation sites excluding steroid dienone is 1. The molecule has 0 amide bonds. The predicted molar refractivity (Wildman–Crippen MR) is 67.5 cm³/mol. The Hall–Kier alpha value is -0.890. The van der Waals surface area contributed by atoms with Crippen molar-refractivity contribution in [1.82, 2.24) is 0 Å². The first kappa shape index (κ1) is 12.2. The zero-order chi connectivity index (χ0) is 11.1. The predicted octanol–water partition coefficient (Wildman–Crippen LogP) is 4.54. The molecule has 0 N–H and O–H groups in total. The Balaban J connectivity index is 2.36. The van der Waals surface area contributed by atoms with Crippen LogP contribution in [0.5, 0.6) is 0 Å². The smallest absolute Gasteiger partial charge is 0.160 e. The molecule has 0 aliphatic rings. The molecular formula is C13H18OS. The number of hydrogen-bond acceptors (Lipinski definition) is 2. The van der Waals surface area contributed by atoms with Crippen LogP contribution in [-0.2, 0) is 0 Å². The molecule has 0 saturated heterocycles. The summed E-state index contributed by atoms with van der Waals surface area (Å²) < 4.78 is 0. The maximum atomic E-state index is 10.5. The van der Waals surface area contributed by atoms with E-state index in [-0.39, 0.29) is 0 Å². The number of carbonyl (C=O) groups is 1. The van der Waals surface area contributed by atoms with Crippen molar-refractivity contribution < 1.29 is 4.79 Å². The summed E-state index contributed by atoms with van der Waals surface area (Å²) in [6.45, 7) is 6.28. The molecule has 0 spiro atoms. The minimum absolute atomic E-state index is 0.791. The zero-order valence-corrected chi connectivity index (χ0v) is 10.1. The van der Waals surface area contributed by atoms with Crippen LogP contribution in [0.25, 0.3) is 5.57 Å². The Labute approximate surface area is 95.8 Å². The normalized spacial score (nSPS) is 10.2. The number of thiophene rings is 1. The van der Waals surface area contributed by atoms with E-state index in [1.165, 1.54) is 42.6 Å². The minimum Gasteiger partial charge on any atom is -0.297 e. The lowest BCUT2D eigenvalue weighted by Crippen LogP contribution is -1.80. The van der Waals surface area contributed by atoms with Crippen LogP contribution >= 0.6 is 11.3 Å². The van der Waals surface area contributed by atoms with E-state index in [9.17, 15) is 4.79 Å². The molecule has 1 aromatic rings. The number of unbranched alkanes of at least 4 members (excludes halogenated alkanes) is 3. The molecule has 0 radical (unpaired) electrons. The second-order valence-electron chi connectivity index (χ2n) is 3.73. The van der Waals surface area contributed by atoms with Gasteiger partial charge in [-0.1, -0.05) is 32.8 Å². The van der Waals surface area contributed by atoms with E-state index in [2.05, 4.69) is 13.5 Å². The first-order chi connectivity index (χ1) is 7.27. The van der Waals surface area contributed by atoms with Crippen LogP contribution in [0, 0.1) is 0 Å². The summed E-state index contributed by atoms with van der Waals surface area (Å²) in [5, 5.41) is 0. The summed E-state index contributed by atoms with van der Waals surface area (Å²) >= 11 is 1.54. The van der Waals surface area contributed by atoms with Crippen molar-refractivity contribution in [2.24, 2.45) is 0 Å². The van der Waals surface area contributed by atoms with Gasteiger partial charge >= 0.3 is 0 Å². The molecule has 0 aliphatic carbocycles. The Kier molecular flexibility index (Phi) is 5.33. The molecule has 82 valence electrons. The molecule has 15 heavy (non-hydrogen) atoms. The second-order valence-corrected chi connectivity index (χ2v) is 4.85. The Morgan fingerprint density at radius 3 is 2.80 bits per heavy atom. The van der Waals surface area contributed by atoms with Crippen molar-refractivity contribution in [2.75, 3.05) is 0 Å². The zero-order valence-electron chi connectivity index (χ0n) is 9.29. The Morgan fingerprint density at radius 2 is 2.20 bits per heavy atom. The number of rotatable bonds is 7. The number of carbonyl (C=O) groups excluding carboxylic acids is 1. The van der Waals surface area contributed by atoms with Gasteiger partial charge in [-0.05, 0) is 30.5 Å². The summed E-state index contributed by atoms with van der Waals surface area (Å²) in [7, 11) is 0. The highest BCUT2D eigenvalue weighted by atomic mass is 32.1. The third-order valence-electron chi connectivity index (χ3n) is 2.42. The van der Waals surface area contributed by atoms with Gasteiger partial charge in [0.2, 0.25) is 0 Å². The first-order valence-electron chi connectivity index (χ1n) is 5.51. The van der Waals surface area contributed by atoms with Crippen molar-refractivity contribution in [3.05, 3.63) is 28.5 Å². The number of aldehydes is 1. The minimum atomic E-state index is 0.791. The summed E-state index contributed by atoms with van der Waals surface area (Å²) in [4.78, 5) is 12.5. The highest BCUT2D eigenvalue weighted by molar-refractivity contribution is 7.14. The molecular weight excluding hydrogens is 204 g/mol. The van der Waals surface area contributed by atoms with Gasteiger partial charge in [0.25, 0.3) is 0 Å².